The lowest BCUT2D eigenvalue weighted by molar-refractivity contribution is -0.141. The van der Waals surface area contributed by atoms with Gasteiger partial charge in [-0.2, -0.15) is 0 Å². The van der Waals surface area contributed by atoms with E-state index in [0.717, 1.165) is 60.2 Å². The monoisotopic (exact) mass is 777 g/mol. The average Bonchev–Trinajstić information content (AvgIpc) is 3.75. The molecule has 10 rings (SSSR count). The topological polar surface area (TPSA) is 139 Å². The fraction of sp³-hybridized carbons (Fsp3) is 0.383. The van der Waals surface area contributed by atoms with Crippen molar-refractivity contribution in [2.24, 2.45) is 5.92 Å². The summed E-state index contributed by atoms with van der Waals surface area (Å²) in [5, 5.41) is 16.1. The second-order valence-corrected chi connectivity index (χ2v) is 17.1. The predicted octanol–water partition coefficient (Wildman–Crippen LogP) is 5.85. The molecule has 3 fully saturated rings. The molecule has 4 aromatic rings. The Kier molecular flexibility index (Phi) is 9.15. The van der Waals surface area contributed by atoms with Gasteiger partial charge < -0.3 is 15.3 Å². The molecular formula is C47H47N5O6. The number of phenolic OH excluding ortho intramolecular Hbond substituents is 1. The number of aryl methyl sites for hydroxylation is 1. The van der Waals surface area contributed by atoms with Crippen molar-refractivity contribution in [3.63, 3.8) is 0 Å². The number of aromatic hydroxyl groups is 1. The summed E-state index contributed by atoms with van der Waals surface area (Å²) in [6, 6.07) is 28.5. The van der Waals surface area contributed by atoms with Crippen LogP contribution in [-0.4, -0.2) is 80.6 Å². The van der Waals surface area contributed by atoms with Gasteiger partial charge >= 0.3 is 0 Å². The van der Waals surface area contributed by atoms with E-state index < -0.39 is 23.8 Å². The summed E-state index contributed by atoms with van der Waals surface area (Å²) in [7, 11) is 0. The van der Waals surface area contributed by atoms with Crippen molar-refractivity contribution in [1.29, 1.82) is 0 Å². The first-order valence-electron chi connectivity index (χ1n) is 20.8. The van der Waals surface area contributed by atoms with E-state index >= 15 is 0 Å². The number of likely N-dealkylation sites (tertiary alicyclic amines) is 1. The third kappa shape index (κ3) is 6.45. The van der Waals surface area contributed by atoms with Gasteiger partial charge in [-0.1, -0.05) is 48.5 Å². The highest BCUT2D eigenvalue weighted by Crippen LogP contribution is 2.47. The number of fused-ring (bicyclic) bond motifs is 3. The van der Waals surface area contributed by atoms with E-state index in [2.05, 4.69) is 76.2 Å². The maximum absolute atomic E-state index is 13.6. The third-order valence-electron chi connectivity index (χ3n) is 13.7. The van der Waals surface area contributed by atoms with Crippen LogP contribution >= 0.6 is 0 Å². The van der Waals surface area contributed by atoms with Gasteiger partial charge in [0.15, 0.2) is 0 Å². The molecule has 6 aliphatic rings. The van der Waals surface area contributed by atoms with Crippen LogP contribution in [0.1, 0.15) is 111 Å². The number of nitrogens with one attached hydrogen (secondary N) is 2. The highest BCUT2D eigenvalue weighted by atomic mass is 16.3. The summed E-state index contributed by atoms with van der Waals surface area (Å²) in [5.41, 5.74) is 8.86. The highest BCUT2D eigenvalue weighted by Gasteiger charge is 2.46. The van der Waals surface area contributed by atoms with Gasteiger partial charge in [0.05, 0.1) is 17.2 Å². The molecule has 0 radical (unpaired) electrons. The molecule has 1 unspecified atom stereocenters. The summed E-state index contributed by atoms with van der Waals surface area (Å²) in [6.07, 6.45) is 5.73. The predicted molar refractivity (Wildman–Crippen MR) is 216 cm³/mol. The fourth-order valence-electron chi connectivity index (χ4n) is 10.6. The maximum atomic E-state index is 13.6. The van der Waals surface area contributed by atoms with Crippen LogP contribution in [0.2, 0.25) is 0 Å². The van der Waals surface area contributed by atoms with Crippen molar-refractivity contribution < 1.29 is 29.1 Å². The van der Waals surface area contributed by atoms with E-state index in [-0.39, 0.29) is 42.5 Å². The molecule has 3 N–H and O–H groups in total. The minimum Gasteiger partial charge on any atom is -0.508 e. The van der Waals surface area contributed by atoms with Crippen LogP contribution in [0.25, 0.3) is 0 Å². The van der Waals surface area contributed by atoms with Crippen molar-refractivity contribution in [3.05, 3.63) is 129 Å². The molecule has 0 aromatic heterocycles. The second-order valence-electron chi connectivity index (χ2n) is 17.1. The van der Waals surface area contributed by atoms with Gasteiger partial charge in [-0.15, -0.1) is 0 Å². The Balaban J connectivity index is 0.716. The average molecular weight is 778 g/mol. The van der Waals surface area contributed by atoms with Crippen molar-refractivity contribution in [2.45, 2.75) is 94.4 Å². The molecule has 11 nitrogen and oxygen atoms in total. The molecule has 5 amide bonds. The Morgan fingerprint density at radius 1 is 0.707 bits per heavy atom. The van der Waals surface area contributed by atoms with E-state index in [1.54, 1.807) is 6.07 Å². The summed E-state index contributed by atoms with van der Waals surface area (Å²) in [5.74, 6) is -0.797. The van der Waals surface area contributed by atoms with E-state index in [1.165, 1.54) is 22.3 Å². The zero-order chi connectivity index (χ0) is 39.7. The molecule has 4 aliphatic heterocycles. The van der Waals surface area contributed by atoms with Gasteiger partial charge in [0.2, 0.25) is 17.7 Å². The Morgan fingerprint density at radius 2 is 1.40 bits per heavy atom. The Labute approximate surface area is 337 Å². The molecular weight excluding hydrogens is 731 g/mol. The van der Waals surface area contributed by atoms with Crippen LogP contribution in [0.15, 0.2) is 84.9 Å². The lowest BCUT2D eigenvalue weighted by Crippen LogP contribution is -2.58. The maximum Gasteiger partial charge on any atom is 0.262 e. The van der Waals surface area contributed by atoms with E-state index in [4.69, 9.17) is 0 Å². The Bertz CT molecular complexity index is 2290. The number of anilines is 1. The van der Waals surface area contributed by atoms with Crippen molar-refractivity contribution >= 4 is 35.2 Å². The van der Waals surface area contributed by atoms with Crippen molar-refractivity contribution in [2.75, 3.05) is 18.4 Å². The molecule has 4 aromatic carbocycles. The van der Waals surface area contributed by atoms with Crippen LogP contribution in [0.3, 0.4) is 0 Å². The number of phenols is 1. The Hall–Kier alpha value is -5.81. The molecule has 2 saturated heterocycles. The van der Waals surface area contributed by atoms with E-state index in [0.29, 0.717) is 55.0 Å². The first kappa shape index (κ1) is 36.5. The van der Waals surface area contributed by atoms with E-state index in [1.807, 2.05) is 23.1 Å². The first-order valence-corrected chi connectivity index (χ1v) is 20.8. The SMILES string of the molecule is O=C1CCC(N2C(=O)c3cc4c(cc3C2=O)CN(C2CCC(C(=O)N3CC(Nc5ccc([C@H]6c7ccc(O)cc7CC[C@H]6c6ccccc6)cc5)C3)CC2)C4)C(=O)N1. The summed E-state index contributed by atoms with van der Waals surface area (Å²) in [4.78, 5) is 69.8. The highest BCUT2D eigenvalue weighted by molar-refractivity contribution is 6.23. The molecule has 4 heterocycles. The molecule has 58 heavy (non-hydrogen) atoms. The molecule has 0 bridgehead atoms. The minimum absolute atomic E-state index is 0.0246. The molecule has 296 valence electrons. The number of piperidine rings is 1. The smallest absolute Gasteiger partial charge is 0.262 e. The van der Waals surface area contributed by atoms with Crippen LogP contribution in [0.5, 0.6) is 5.75 Å². The zero-order valence-electron chi connectivity index (χ0n) is 32.4. The van der Waals surface area contributed by atoms with Gasteiger partial charge in [-0.25, -0.2) is 0 Å². The lowest BCUT2D eigenvalue weighted by Gasteiger charge is -2.43. The largest absolute Gasteiger partial charge is 0.508 e. The normalized spacial score (nSPS) is 25.8. The van der Waals surface area contributed by atoms with Crippen molar-refractivity contribution in [3.8, 4) is 5.75 Å². The van der Waals surface area contributed by atoms with Crippen LogP contribution in [0, 0.1) is 5.92 Å². The van der Waals surface area contributed by atoms with Crippen LogP contribution < -0.4 is 10.6 Å². The summed E-state index contributed by atoms with van der Waals surface area (Å²) >= 11 is 0. The number of hydrogen-bond acceptors (Lipinski definition) is 8. The number of nitrogens with zero attached hydrogens (tertiary/aromatic N) is 3. The van der Waals surface area contributed by atoms with Gasteiger partial charge in [0, 0.05) is 56.2 Å². The summed E-state index contributed by atoms with van der Waals surface area (Å²) < 4.78 is 0. The van der Waals surface area contributed by atoms with Crippen molar-refractivity contribution in [1.82, 2.24) is 20.0 Å². The molecule has 0 spiro atoms. The third-order valence-corrected chi connectivity index (χ3v) is 13.7. The number of benzene rings is 4. The molecule has 2 aliphatic carbocycles. The number of amides is 5. The minimum atomic E-state index is -0.969. The lowest BCUT2D eigenvalue weighted by atomic mass is 9.69. The molecule has 3 atom stereocenters. The van der Waals surface area contributed by atoms with Crippen LogP contribution in [-0.2, 0) is 33.9 Å². The summed E-state index contributed by atoms with van der Waals surface area (Å²) in [6.45, 7) is 2.75. The Morgan fingerprint density at radius 3 is 2.07 bits per heavy atom. The number of hydrogen-bond donors (Lipinski definition) is 3. The van der Waals surface area contributed by atoms with Gasteiger partial charge in [0.25, 0.3) is 11.8 Å². The molecule has 1 saturated carbocycles. The number of imide groups is 2. The first-order chi connectivity index (χ1) is 28.2. The fourth-order valence-corrected chi connectivity index (χ4v) is 10.6. The standard InChI is InChI=1S/C47H47N5O6/c53-36-15-17-38-30(20-36)10-16-37(27-4-2-1-3-5-27)43(38)28-6-11-33(12-7-28)48-34-25-51(26-34)45(56)29-8-13-35(14-9-29)50-23-31-21-39-40(22-32(31)24-50)47(58)52(46(39)57)41-18-19-42(54)49-44(41)55/h1-7,11-12,15,17,20-22,29,34-35,37,41,43,48,53H,8-10,13-14,16,18-19,23-26H2,(H,49,54,55)/t29?,35?,37-,41?,43+/m0/s1. The van der Waals surface area contributed by atoms with Gasteiger partial charge in [-0.05, 0) is 121 Å². The van der Waals surface area contributed by atoms with Gasteiger partial charge in [-0.3, -0.25) is 39.1 Å². The quantitative estimate of drug-likeness (QED) is 0.199. The zero-order valence-corrected chi connectivity index (χ0v) is 32.4. The van der Waals surface area contributed by atoms with Gasteiger partial charge in [0.1, 0.15) is 11.8 Å². The second kappa shape index (κ2) is 14.5. The number of carbonyl (C=O) groups excluding carboxylic acids is 5. The molecule has 11 heteroatoms. The number of carbonyl (C=O) groups is 5. The van der Waals surface area contributed by atoms with E-state index in [9.17, 15) is 29.1 Å². The number of rotatable bonds is 7. The van der Waals surface area contributed by atoms with Crippen LogP contribution in [0.4, 0.5) is 5.69 Å².